The number of fused-ring (bicyclic) bond motifs is 1. The molecule has 33 heavy (non-hydrogen) atoms. The molecule has 0 spiro atoms. The van der Waals surface area contributed by atoms with Gasteiger partial charge in [-0.25, -0.2) is 13.2 Å². The maximum Gasteiger partial charge on any atom is 0.266 e. The van der Waals surface area contributed by atoms with Crippen LogP contribution >= 0.6 is 0 Å². The van der Waals surface area contributed by atoms with E-state index in [1.54, 1.807) is 13.1 Å². The largest absolute Gasteiger partial charge is 0.381 e. The Morgan fingerprint density at radius 1 is 1.21 bits per heavy atom. The number of ether oxygens (including phenoxy) is 1. The number of benzene rings is 1. The van der Waals surface area contributed by atoms with Gasteiger partial charge in [-0.2, -0.15) is 5.10 Å². The minimum Gasteiger partial charge on any atom is -0.381 e. The molecule has 0 aliphatic carbocycles. The summed E-state index contributed by atoms with van der Waals surface area (Å²) in [5.41, 5.74) is 1.78. The van der Waals surface area contributed by atoms with E-state index in [9.17, 15) is 13.2 Å². The van der Waals surface area contributed by atoms with Crippen LogP contribution in [-0.4, -0.2) is 42.0 Å². The van der Waals surface area contributed by atoms with Crippen molar-refractivity contribution in [3.8, 4) is 0 Å². The Balaban J connectivity index is 1.64. The zero-order valence-corrected chi connectivity index (χ0v) is 19.1. The number of aryl methyl sites for hydroxylation is 1. The van der Waals surface area contributed by atoms with E-state index in [-0.39, 0.29) is 5.56 Å². The van der Waals surface area contributed by atoms with Crippen molar-refractivity contribution in [3.63, 3.8) is 0 Å². The highest BCUT2D eigenvalue weighted by Gasteiger charge is 2.26. The van der Waals surface area contributed by atoms with Crippen molar-refractivity contribution in [2.45, 2.75) is 33.2 Å². The Hall–Kier alpha value is -2.94. The Kier molecular flexibility index (Phi) is 6.69. The van der Waals surface area contributed by atoms with Crippen molar-refractivity contribution in [3.05, 3.63) is 53.1 Å². The van der Waals surface area contributed by atoms with Crippen molar-refractivity contribution in [2.24, 2.45) is 11.8 Å². The molecule has 0 saturated carbocycles. The summed E-state index contributed by atoms with van der Waals surface area (Å²) < 4.78 is 46.5. The maximum absolute atomic E-state index is 14.7. The fourth-order valence-electron chi connectivity index (χ4n) is 4.21. The average molecular weight is 460 g/mol. The van der Waals surface area contributed by atoms with Gasteiger partial charge in [-0.3, -0.25) is 4.98 Å². The molecule has 0 radical (unpaired) electrons. The Labute approximate surface area is 191 Å². The van der Waals surface area contributed by atoms with E-state index in [1.165, 1.54) is 12.1 Å². The van der Waals surface area contributed by atoms with Crippen molar-refractivity contribution >= 4 is 22.4 Å². The summed E-state index contributed by atoms with van der Waals surface area (Å²) in [5.74, 6) is 0.435. The first-order valence-corrected chi connectivity index (χ1v) is 11.0. The van der Waals surface area contributed by atoms with E-state index in [0.29, 0.717) is 28.9 Å². The molecule has 6 nitrogen and oxygen atoms in total. The van der Waals surface area contributed by atoms with Crippen molar-refractivity contribution in [1.29, 1.82) is 0 Å². The third kappa shape index (κ3) is 4.73. The molecule has 3 heterocycles. The molecule has 1 N–H and O–H groups in total. The number of aromatic nitrogens is 3. The van der Waals surface area contributed by atoms with E-state index in [2.05, 4.69) is 32.3 Å². The monoisotopic (exact) mass is 459 g/mol. The van der Waals surface area contributed by atoms with Crippen LogP contribution in [0, 0.1) is 24.6 Å². The number of hydrogen-bond donors (Lipinski definition) is 1. The number of halogens is 3. The molecule has 0 bridgehead atoms. The van der Waals surface area contributed by atoms with E-state index in [0.717, 1.165) is 36.9 Å². The smallest absolute Gasteiger partial charge is 0.266 e. The molecule has 2 aromatic heterocycles. The number of hydrogen-bond acceptors (Lipinski definition) is 6. The minimum atomic E-state index is -2.88. The number of pyridine rings is 1. The van der Waals surface area contributed by atoms with Crippen LogP contribution in [0.4, 0.5) is 24.7 Å². The lowest BCUT2D eigenvalue weighted by molar-refractivity contribution is 0.146. The Bertz CT molecular complexity index is 1140. The SMILES string of the molecule is Cc1nnc(N[C@H](C)c2cccc(C(F)F)c2F)c2cc(N(C)C[C@@H]3COC[C@@H]3C)cnc12. The predicted molar refractivity (Wildman–Crippen MR) is 122 cm³/mol. The van der Waals surface area contributed by atoms with Gasteiger partial charge in [0.1, 0.15) is 5.82 Å². The molecule has 1 fully saturated rings. The summed E-state index contributed by atoms with van der Waals surface area (Å²) in [4.78, 5) is 6.74. The molecule has 3 atom stereocenters. The number of alkyl halides is 2. The molecule has 3 aromatic rings. The van der Waals surface area contributed by atoms with Gasteiger partial charge >= 0.3 is 0 Å². The second-order valence-corrected chi connectivity index (χ2v) is 8.80. The van der Waals surface area contributed by atoms with E-state index in [4.69, 9.17) is 4.74 Å². The molecule has 0 amide bonds. The van der Waals surface area contributed by atoms with Gasteiger partial charge in [-0.1, -0.05) is 25.1 Å². The van der Waals surface area contributed by atoms with Crippen LogP contribution in [0.2, 0.25) is 0 Å². The Morgan fingerprint density at radius 2 is 1.97 bits per heavy atom. The highest BCUT2D eigenvalue weighted by molar-refractivity contribution is 5.92. The quantitative estimate of drug-likeness (QED) is 0.517. The van der Waals surface area contributed by atoms with E-state index in [1.807, 2.05) is 20.0 Å². The van der Waals surface area contributed by atoms with Gasteiger partial charge in [0.05, 0.1) is 41.3 Å². The Morgan fingerprint density at radius 3 is 2.67 bits per heavy atom. The molecule has 0 unspecified atom stereocenters. The first-order valence-electron chi connectivity index (χ1n) is 11.0. The van der Waals surface area contributed by atoms with Gasteiger partial charge in [-0.15, -0.1) is 5.10 Å². The summed E-state index contributed by atoms with van der Waals surface area (Å²) in [7, 11) is 2.01. The van der Waals surface area contributed by atoms with Gasteiger partial charge in [0.2, 0.25) is 0 Å². The number of nitrogens with zero attached hydrogens (tertiary/aromatic N) is 4. The summed E-state index contributed by atoms with van der Waals surface area (Å²) in [6, 6.07) is 5.39. The van der Waals surface area contributed by atoms with Crippen LogP contribution in [0.1, 0.15) is 43.1 Å². The first-order chi connectivity index (χ1) is 15.8. The van der Waals surface area contributed by atoms with Crippen LogP contribution in [0.15, 0.2) is 30.5 Å². The minimum absolute atomic E-state index is 0.139. The highest BCUT2D eigenvalue weighted by atomic mass is 19.3. The topological polar surface area (TPSA) is 63.2 Å². The van der Waals surface area contributed by atoms with E-state index >= 15 is 0 Å². The van der Waals surface area contributed by atoms with Crippen molar-refractivity contribution in [2.75, 3.05) is 37.0 Å². The molecule has 1 aliphatic heterocycles. The first kappa shape index (κ1) is 23.2. The second-order valence-electron chi connectivity index (χ2n) is 8.80. The molecule has 4 rings (SSSR count). The van der Waals surface area contributed by atoms with Crippen LogP contribution in [0.3, 0.4) is 0 Å². The summed E-state index contributed by atoms with van der Waals surface area (Å²) in [6.45, 7) is 8.06. The zero-order valence-electron chi connectivity index (χ0n) is 19.1. The van der Waals surface area contributed by atoms with Crippen molar-refractivity contribution in [1.82, 2.24) is 15.2 Å². The van der Waals surface area contributed by atoms with Gasteiger partial charge in [-0.05, 0) is 25.8 Å². The van der Waals surface area contributed by atoms with Crippen molar-refractivity contribution < 1.29 is 17.9 Å². The van der Waals surface area contributed by atoms with E-state index < -0.39 is 23.8 Å². The third-order valence-electron chi connectivity index (χ3n) is 6.35. The van der Waals surface area contributed by atoms with Crippen LogP contribution in [0.25, 0.3) is 10.9 Å². The van der Waals surface area contributed by atoms with Gasteiger partial charge in [0.25, 0.3) is 6.43 Å². The summed E-state index contributed by atoms with van der Waals surface area (Å²) in [5, 5.41) is 12.3. The summed E-state index contributed by atoms with van der Waals surface area (Å²) in [6.07, 6.45) is -1.08. The fraction of sp³-hybridized carbons (Fsp3) is 0.458. The molecule has 1 aromatic carbocycles. The van der Waals surface area contributed by atoms with Gasteiger partial charge in [0, 0.05) is 37.1 Å². The standard InChI is InChI=1S/C24H28F3N5O/c1-13-11-33-12-16(13)10-32(4)17-8-20-22(28-9-17)15(3)30-31-24(20)29-14(2)18-6-5-7-19(21(18)25)23(26)27/h5-9,13-14,16,23H,10-12H2,1-4H3,(H,29,31)/t13-,14+,16+/m0/s1. The lowest BCUT2D eigenvalue weighted by Crippen LogP contribution is -2.28. The molecule has 9 heteroatoms. The predicted octanol–water partition coefficient (Wildman–Crippen LogP) is 5.30. The molecule has 176 valence electrons. The number of nitrogens with one attached hydrogen (secondary N) is 1. The lowest BCUT2D eigenvalue weighted by atomic mass is 9.97. The number of rotatable bonds is 7. The molecular formula is C24H28F3N5O. The normalized spacial score (nSPS) is 19.3. The maximum atomic E-state index is 14.7. The van der Waals surface area contributed by atoms with Crippen LogP contribution < -0.4 is 10.2 Å². The summed E-state index contributed by atoms with van der Waals surface area (Å²) >= 11 is 0. The molecular weight excluding hydrogens is 431 g/mol. The lowest BCUT2D eigenvalue weighted by Gasteiger charge is -2.25. The fourth-order valence-corrected chi connectivity index (χ4v) is 4.21. The highest BCUT2D eigenvalue weighted by Crippen LogP contribution is 2.32. The number of anilines is 2. The third-order valence-corrected chi connectivity index (χ3v) is 6.35. The van der Waals surface area contributed by atoms with Gasteiger partial charge in [0.15, 0.2) is 5.82 Å². The second kappa shape index (κ2) is 9.51. The van der Waals surface area contributed by atoms with Gasteiger partial charge < -0.3 is 15.0 Å². The van der Waals surface area contributed by atoms with Crippen LogP contribution in [-0.2, 0) is 4.74 Å². The average Bonchev–Trinajstić information content (AvgIpc) is 3.19. The van der Waals surface area contributed by atoms with Crippen LogP contribution in [0.5, 0.6) is 0 Å². The molecule has 1 aliphatic rings. The zero-order chi connectivity index (χ0) is 23.7. The molecule has 1 saturated heterocycles.